The van der Waals surface area contributed by atoms with E-state index in [-0.39, 0.29) is 36.1 Å². The van der Waals surface area contributed by atoms with Gasteiger partial charge in [-0.25, -0.2) is 13.1 Å². The number of sulfonamides is 1. The first-order valence-electron chi connectivity index (χ1n) is 7.61. The molecule has 1 rings (SSSR count). The third-order valence-corrected chi connectivity index (χ3v) is 4.66. The van der Waals surface area contributed by atoms with Crippen molar-refractivity contribution >= 4 is 40.0 Å². The lowest BCUT2D eigenvalue weighted by Gasteiger charge is -2.23. The fourth-order valence-electron chi connectivity index (χ4n) is 1.98. The first-order valence-corrected chi connectivity index (χ1v) is 9.09. The molecule has 0 aromatic heterocycles. The lowest BCUT2D eigenvalue weighted by molar-refractivity contribution is 0.501. The summed E-state index contributed by atoms with van der Waals surface area (Å²) >= 11 is 0. The van der Waals surface area contributed by atoms with E-state index in [1.165, 1.54) is 0 Å². The maximum atomic E-state index is 12.4. The Morgan fingerprint density at radius 3 is 2.33 bits per heavy atom. The van der Waals surface area contributed by atoms with Crippen molar-refractivity contribution < 1.29 is 8.42 Å². The SMILES string of the molecule is CN=C(NCCNS(=O)(=O)c1cc(C)ccc1C)NC(C)(C)C.I. The van der Waals surface area contributed by atoms with E-state index in [1.807, 2.05) is 39.8 Å². The minimum absolute atomic E-state index is 0. The number of benzene rings is 1. The fraction of sp³-hybridized carbons (Fsp3) is 0.562. The molecule has 0 spiro atoms. The molecule has 24 heavy (non-hydrogen) atoms. The molecular weight excluding hydrogens is 439 g/mol. The topological polar surface area (TPSA) is 82.6 Å². The Morgan fingerprint density at radius 1 is 1.17 bits per heavy atom. The molecule has 0 aliphatic heterocycles. The van der Waals surface area contributed by atoms with Crippen LogP contribution < -0.4 is 15.4 Å². The highest BCUT2D eigenvalue weighted by Crippen LogP contribution is 2.16. The normalized spacial score (nSPS) is 12.5. The van der Waals surface area contributed by atoms with Crippen LogP contribution >= 0.6 is 24.0 Å². The minimum Gasteiger partial charge on any atom is -0.355 e. The molecule has 3 N–H and O–H groups in total. The van der Waals surface area contributed by atoms with Crippen LogP contribution in [-0.4, -0.2) is 40.1 Å². The van der Waals surface area contributed by atoms with Crippen molar-refractivity contribution in [2.75, 3.05) is 20.1 Å². The Labute approximate surface area is 163 Å². The van der Waals surface area contributed by atoms with E-state index in [4.69, 9.17) is 0 Å². The summed E-state index contributed by atoms with van der Waals surface area (Å²) in [5.74, 6) is 0.642. The van der Waals surface area contributed by atoms with Crippen LogP contribution in [0.4, 0.5) is 0 Å². The van der Waals surface area contributed by atoms with Crippen LogP contribution in [0.15, 0.2) is 28.1 Å². The van der Waals surface area contributed by atoms with Gasteiger partial charge >= 0.3 is 0 Å². The van der Waals surface area contributed by atoms with E-state index in [0.717, 1.165) is 11.1 Å². The summed E-state index contributed by atoms with van der Waals surface area (Å²) in [6.07, 6.45) is 0. The van der Waals surface area contributed by atoms with Crippen molar-refractivity contribution in [2.45, 2.75) is 45.1 Å². The minimum atomic E-state index is -3.50. The van der Waals surface area contributed by atoms with Gasteiger partial charge in [0, 0.05) is 25.7 Å². The molecule has 0 radical (unpaired) electrons. The smallest absolute Gasteiger partial charge is 0.240 e. The fourth-order valence-corrected chi connectivity index (χ4v) is 3.33. The van der Waals surface area contributed by atoms with Gasteiger partial charge in [0.15, 0.2) is 5.96 Å². The summed E-state index contributed by atoms with van der Waals surface area (Å²) in [5.41, 5.74) is 1.55. The van der Waals surface area contributed by atoms with Gasteiger partial charge in [0.2, 0.25) is 10.0 Å². The van der Waals surface area contributed by atoms with Gasteiger partial charge in [-0.3, -0.25) is 4.99 Å². The van der Waals surface area contributed by atoms with Gasteiger partial charge in [-0.15, -0.1) is 24.0 Å². The van der Waals surface area contributed by atoms with E-state index in [1.54, 1.807) is 20.0 Å². The van der Waals surface area contributed by atoms with Gasteiger partial charge < -0.3 is 10.6 Å². The third-order valence-electron chi connectivity index (χ3n) is 3.06. The zero-order chi connectivity index (χ0) is 17.7. The number of rotatable bonds is 5. The number of aryl methyl sites for hydroxylation is 2. The highest BCUT2D eigenvalue weighted by Gasteiger charge is 2.16. The highest BCUT2D eigenvalue weighted by molar-refractivity contribution is 14.0. The van der Waals surface area contributed by atoms with Crippen LogP contribution in [-0.2, 0) is 10.0 Å². The Morgan fingerprint density at radius 2 is 1.79 bits per heavy atom. The van der Waals surface area contributed by atoms with Gasteiger partial charge in [0.1, 0.15) is 0 Å². The lowest BCUT2D eigenvalue weighted by Crippen LogP contribution is -2.49. The first-order chi connectivity index (χ1) is 10.5. The Balaban J connectivity index is 0.00000529. The largest absolute Gasteiger partial charge is 0.355 e. The maximum absolute atomic E-state index is 12.4. The first kappa shape index (κ1) is 23.1. The summed E-state index contributed by atoms with van der Waals surface area (Å²) in [5, 5.41) is 6.30. The van der Waals surface area contributed by atoms with Crippen molar-refractivity contribution in [1.29, 1.82) is 0 Å². The van der Waals surface area contributed by atoms with Crippen molar-refractivity contribution in [1.82, 2.24) is 15.4 Å². The van der Waals surface area contributed by atoms with Crippen LogP contribution in [0.1, 0.15) is 31.9 Å². The second-order valence-electron chi connectivity index (χ2n) is 6.54. The van der Waals surface area contributed by atoms with E-state index < -0.39 is 10.0 Å². The number of aliphatic imine (C=N–C) groups is 1. The number of guanidine groups is 1. The monoisotopic (exact) mass is 468 g/mol. The number of hydrogen-bond donors (Lipinski definition) is 3. The number of halogens is 1. The number of nitrogens with zero attached hydrogens (tertiary/aromatic N) is 1. The van der Waals surface area contributed by atoms with Crippen LogP contribution in [0.3, 0.4) is 0 Å². The maximum Gasteiger partial charge on any atom is 0.240 e. The molecule has 0 heterocycles. The second kappa shape index (κ2) is 9.57. The molecule has 6 nitrogen and oxygen atoms in total. The average Bonchev–Trinajstić information content (AvgIpc) is 2.43. The van der Waals surface area contributed by atoms with Crippen LogP contribution in [0.2, 0.25) is 0 Å². The molecule has 0 fully saturated rings. The zero-order valence-electron chi connectivity index (χ0n) is 15.2. The summed E-state index contributed by atoms with van der Waals surface area (Å²) in [7, 11) is -1.82. The zero-order valence-corrected chi connectivity index (χ0v) is 18.4. The summed E-state index contributed by atoms with van der Waals surface area (Å²) < 4.78 is 27.3. The van der Waals surface area contributed by atoms with Crippen LogP contribution in [0.25, 0.3) is 0 Å². The van der Waals surface area contributed by atoms with Crippen molar-refractivity contribution in [3.63, 3.8) is 0 Å². The summed E-state index contributed by atoms with van der Waals surface area (Å²) in [6, 6.07) is 5.40. The highest BCUT2D eigenvalue weighted by atomic mass is 127. The van der Waals surface area contributed by atoms with E-state index in [0.29, 0.717) is 17.4 Å². The van der Waals surface area contributed by atoms with Gasteiger partial charge in [0.25, 0.3) is 0 Å². The molecule has 0 aliphatic rings. The summed E-state index contributed by atoms with van der Waals surface area (Å²) in [6.45, 7) is 10.5. The van der Waals surface area contributed by atoms with Crippen molar-refractivity contribution in [3.8, 4) is 0 Å². The Kier molecular flexibility index (Phi) is 9.22. The lowest BCUT2D eigenvalue weighted by atomic mass is 10.1. The molecule has 8 heteroatoms. The molecule has 1 aromatic rings. The Bertz CT molecular complexity index is 667. The van der Waals surface area contributed by atoms with Crippen molar-refractivity contribution in [2.24, 2.45) is 4.99 Å². The van der Waals surface area contributed by atoms with E-state index >= 15 is 0 Å². The van der Waals surface area contributed by atoms with E-state index in [2.05, 4.69) is 20.3 Å². The van der Waals surface area contributed by atoms with Crippen LogP contribution in [0.5, 0.6) is 0 Å². The van der Waals surface area contributed by atoms with Crippen LogP contribution in [0, 0.1) is 13.8 Å². The molecule has 0 saturated heterocycles. The number of nitrogens with one attached hydrogen (secondary N) is 3. The van der Waals surface area contributed by atoms with Crippen molar-refractivity contribution in [3.05, 3.63) is 29.3 Å². The number of hydrogen-bond acceptors (Lipinski definition) is 3. The van der Waals surface area contributed by atoms with Gasteiger partial charge in [-0.1, -0.05) is 12.1 Å². The van der Waals surface area contributed by atoms with Gasteiger partial charge in [0.05, 0.1) is 4.90 Å². The predicted molar refractivity (Wildman–Crippen MR) is 111 cm³/mol. The molecule has 0 aliphatic carbocycles. The quantitative estimate of drug-likeness (QED) is 0.268. The van der Waals surface area contributed by atoms with Gasteiger partial charge in [-0.05, 0) is 51.8 Å². The molecule has 138 valence electrons. The predicted octanol–water partition coefficient (Wildman–Crippen LogP) is 2.16. The molecule has 0 saturated carbocycles. The van der Waals surface area contributed by atoms with E-state index in [9.17, 15) is 8.42 Å². The molecular formula is C16H29IN4O2S. The Hall–Kier alpha value is -0.870. The summed E-state index contributed by atoms with van der Waals surface area (Å²) in [4.78, 5) is 4.44. The standard InChI is InChI=1S/C16H28N4O2S.HI/c1-12-7-8-13(2)14(11-12)23(21,22)19-10-9-18-15(17-6)20-16(3,4)5;/h7-8,11,19H,9-10H2,1-6H3,(H2,17,18,20);1H. The molecule has 0 bridgehead atoms. The molecule has 0 atom stereocenters. The second-order valence-corrected chi connectivity index (χ2v) is 8.28. The molecule has 1 aromatic carbocycles. The van der Waals surface area contributed by atoms with Gasteiger partial charge in [-0.2, -0.15) is 0 Å². The average molecular weight is 468 g/mol. The molecule has 0 unspecified atom stereocenters. The molecule has 0 amide bonds. The third kappa shape index (κ3) is 7.80.